The van der Waals surface area contributed by atoms with Crippen molar-refractivity contribution in [3.8, 4) is 0 Å². The molecule has 0 unspecified atom stereocenters. The van der Waals surface area contributed by atoms with Crippen LogP contribution in [0.2, 0.25) is 0 Å². The molecule has 1 aromatic carbocycles. The van der Waals surface area contributed by atoms with Gasteiger partial charge in [0.05, 0.1) is 0 Å². The fourth-order valence-electron chi connectivity index (χ4n) is 1.48. The zero-order chi connectivity index (χ0) is 9.26. The van der Waals surface area contributed by atoms with Crippen LogP contribution in [0.4, 0.5) is 0 Å². The summed E-state index contributed by atoms with van der Waals surface area (Å²) in [5.41, 5.74) is 0.719. The van der Waals surface area contributed by atoms with E-state index in [4.69, 9.17) is 0 Å². The van der Waals surface area contributed by atoms with Crippen molar-refractivity contribution in [1.29, 1.82) is 0 Å². The van der Waals surface area contributed by atoms with Crippen LogP contribution >= 0.6 is 0 Å². The summed E-state index contributed by atoms with van der Waals surface area (Å²) in [6.45, 7) is 0. The van der Waals surface area contributed by atoms with Crippen LogP contribution in [0, 0.1) is 11.8 Å². The standard InChI is InChI=1S/C11H10O2/c12-7-9-6-10(9)11(13)8-4-2-1-3-5-8/h1-5,7,9-10H,6H2/t9-,10+/m1/s1. The Hall–Kier alpha value is -1.44. The lowest BCUT2D eigenvalue weighted by Crippen LogP contribution is -2.03. The highest BCUT2D eigenvalue weighted by atomic mass is 16.1. The Bertz CT molecular complexity index is 329. The summed E-state index contributed by atoms with van der Waals surface area (Å²) in [7, 11) is 0. The smallest absolute Gasteiger partial charge is 0.166 e. The van der Waals surface area contributed by atoms with Gasteiger partial charge in [-0.1, -0.05) is 30.3 Å². The van der Waals surface area contributed by atoms with Gasteiger partial charge < -0.3 is 4.79 Å². The Kier molecular flexibility index (Phi) is 1.97. The molecule has 0 spiro atoms. The fourth-order valence-corrected chi connectivity index (χ4v) is 1.48. The highest BCUT2D eigenvalue weighted by Gasteiger charge is 2.42. The summed E-state index contributed by atoms with van der Waals surface area (Å²) in [6.07, 6.45) is 1.61. The molecule has 0 saturated heterocycles. The Morgan fingerprint density at radius 3 is 2.54 bits per heavy atom. The van der Waals surface area contributed by atoms with Crippen LogP contribution in [0.1, 0.15) is 16.8 Å². The van der Waals surface area contributed by atoms with Crippen LogP contribution in [0.3, 0.4) is 0 Å². The molecule has 2 nitrogen and oxygen atoms in total. The molecule has 0 amide bonds. The van der Waals surface area contributed by atoms with Crippen LogP contribution in [-0.4, -0.2) is 12.1 Å². The molecule has 2 rings (SSSR count). The third-order valence-electron chi connectivity index (χ3n) is 2.41. The lowest BCUT2D eigenvalue weighted by Gasteiger charge is -1.96. The van der Waals surface area contributed by atoms with Gasteiger partial charge in [-0.15, -0.1) is 0 Å². The summed E-state index contributed by atoms with van der Waals surface area (Å²) < 4.78 is 0. The van der Waals surface area contributed by atoms with Crippen molar-refractivity contribution in [2.45, 2.75) is 6.42 Å². The second-order valence-electron chi connectivity index (χ2n) is 3.37. The van der Waals surface area contributed by atoms with Crippen LogP contribution in [0.25, 0.3) is 0 Å². The molecule has 2 atom stereocenters. The molecule has 0 bridgehead atoms. The van der Waals surface area contributed by atoms with E-state index < -0.39 is 0 Å². The number of carbonyl (C=O) groups excluding carboxylic acids is 2. The quantitative estimate of drug-likeness (QED) is 0.516. The van der Waals surface area contributed by atoms with Crippen molar-refractivity contribution in [2.75, 3.05) is 0 Å². The molecule has 0 radical (unpaired) electrons. The van der Waals surface area contributed by atoms with Crippen LogP contribution < -0.4 is 0 Å². The first kappa shape index (κ1) is 8.17. The zero-order valence-electron chi connectivity index (χ0n) is 7.14. The predicted octanol–water partition coefficient (Wildman–Crippen LogP) is 1.70. The maximum absolute atomic E-state index is 11.6. The van der Waals surface area contributed by atoms with Gasteiger partial charge in [-0.05, 0) is 6.42 Å². The van der Waals surface area contributed by atoms with Gasteiger partial charge in [0.25, 0.3) is 0 Å². The van der Waals surface area contributed by atoms with E-state index >= 15 is 0 Å². The van der Waals surface area contributed by atoms with Crippen molar-refractivity contribution in [2.24, 2.45) is 11.8 Å². The Balaban J connectivity index is 2.11. The third kappa shape index (κ3) is 1.52. The Morgan fingerprint density at radius 1 is 1.31 bits per heavy atom. The summed E-state index contributed by atoms with van der Waals surface area (Å²) >= 11 is 0. The topological polar surface area (TPSA) is 34.1 Å². The normalized spacial score (nSPS) is 25.2. The van der Waals surface area contributed by atoms with Gasteiger partial charge in [-0.25, -0.2) is 0 Å². The zero-order valence-corrected chi connectivity index (χ0v) is 7.14. The van der Waals surface area contributed by atoms with Gasteiger partial charge >= 0.3 is 0 Å². The largest absolute Gasteiger partial charge is 0.303 e. The fraction of sp³-hybridized carbons (Fsp3) is 0.273. The molecule has 1 fully saturated rings. The maximum atomic E-state index is 11.6. The SMILES string of the molecule is O=C[C@H]1C[C@@H]1C(=O)c1ccccc1. The molecular formula is C11H10O2. The minimum atomic E-state index is -0.0418. The number of ketones is 1. The average molecular weight is 174 g/mol. The van der Waals surface area contributed by atoms with Crippen LogP contribution in [0.15, 0.2) is 30.3 Å². The minimum absolute atomic E-state index is 0.0206. The number of carbonyl (C=O) groups is 2. The minimum Gasteiger partial charge on any atom is -0.303 e. The molecule has 1 saturated carbocycles. The summed E-state index contributed by atoms with van der Waals surface area (Å²) in [5, 5.41) is 0. The van der Waals surface area contributed by atoms with Gasteiger partial charge in [0.2, 0.25) is 0 Å². The highest BCUT2D eigenvalue weighted by molar-refractivity contribution is 6.01. The summed E-state index contributed by atoms with van der Waals surface area (Å²) in [6, 6.07) is 9.14. The van der Waals surface area contributed by atoms with Crippen molar-refractivity contribution < 1.29 is 9.59 Å². The van der Waals surface area contributed by atoms with E-state index in [1.807, 2.05) is 18.2 Å². The first-order valence-electron chi connectivity index (χ1n) is 4.37. The molecule has 0 heterocycles. The Labute approximate surface area is 76.6 Å². The molecule has 66 valence electrons. The van der Waals surface area contributed by atoms with E-state index in [2.05, 4.69) is 0 Å². The number of rotatable bonds is 3. The predicted molar refractivity (Wildman–Crippen MR) is 48.4 cm³/mol. The van der Waals surface area contributed by atoms with Gasteiger partial charge in [-0.2, -0.15) is 0 Å². The summed E-state index contributed by atoms with van der Waals surface area (Å²) in [4.78, 5) is 22.0. The van der Waals surface area contributed by atoms with Gasteiger partial charge in [0.1, 0.15) is 6.29 Å². The highest BCUT2D eigenvalue weighted by Crippen LogP contribution is 2.38. The third-order valence-corrected chi connectivity index (χ3v) is 2.41. The molecule has 0 N–H and O–H groups in total. The number of hydrogen-bond acceptors (Lipinski definition) is 2. The van der Waals surface area contributed by atoms with E-state index in [-0.39, 0.29) is 17.6 Å². The van der Waals surface area contributed by atoms with Gasteiger partial charge in [0.15, 0.2) is 5.78 Å². The van der Waals surface area contributed by atoms with E-state index in [9.17, 15) is 9.59 Å². The monoisotopic (exact) mass is 174 g/mol. The lowest BCUT2D eigenvalue weighted by atomic mass is 10.1. The number of Topliss-reactive ketones (excluding diaryl/α,β-unsaturated/α-hetero) is 1. The molecule has 1 aliphatic carbocycles. The summed E-state index contributed by atoms with van der Waals surface area (Å²) in [5.74, 6) is 0.0466. The molecular weight excluding hydrogens is 164 g/mol. The average Bonchev–Trinajstić information content (AvgIpc) is 2.97. The molecule has 0 aromatic heterocycles. The first-order chi connectivity index (χ1) is 6.33. The van der Waals surface area contributed by atoms with Crippen molar-refractivity contribution in [3.05, 3.63) is 35.9 Å². The van der Waals surface area contributed by atoms with E-state index in [1.54, 1.807) is 12.1 Å². The second-order valence-corrected chi connectivity index (χ2v) is 3.37. The first-order valence-corrected chi connectivity index (χ1v) is 4.37. The number of hydrogen-bond donors (Lipinski definition) is 0. The van der Waals surface area contributed by atoms with E-state index in [0.29, 0.717) is 0 Å². The van der Waals surface area contributed by atoms with Crippen molar-refractivity contribution in [1.82, 2.24) is 0 Å². The molecule has 2 heteroatoms. The van der Waals surface area contributed by atoms with Crippen LogP contribution in [0.5, 0.6) is 0 Å². The number of benzene rings is 1. The van der Waals surface area contributed by atoms with E-state index in [1.165, 1.54) is 0 Å². The second kappa shape index (κ2) is 3.13. The maximum Gasteiger partial charge on any atom is 0.166 e. The molecule has 0 aliphatic heterocycles. The van der Waals surface area contributed by atoms with Crippen molar-refractivity contribution in [3.63, 3.8) is 0 Å². The molecule has 13 heavy (non-hydrogen) atoms. The molecule has 1 aromatic rings. The Morgan fingerprint density at radius 2 is 2.00 bits per heavy atom. The lowest BCUT2D eigenvalue weighted by molar-refractivity contribution is -0.109. The van der Waals surface area contributed by atoms with Crippen LogP contribution in [-0.2, 0) is 4.79 Å². The van der Waals surface area contributed by atoms with Crippen molar-refractivity contribution >= 4 is 12.1 Å². The number of aldehydes is 1. The molecule has 1 aliphatic rings. The van der Waals surface area contributed by atoms with Gasteiger partial charge in [0, 0.05) is 17.4 Å². The van der Waals surface area contributed by atoms with E-state index in [0.717, 1.165) is 18.3 Å². The van der Waals surface area contributed by atoms with Gasteiger partial charge in [-0.3, -0.25) is 4.79 Å².